The van der Waals surface area contributed by atoms with Gasteiger partial charge in [-0.3, -0.25) is 0 Å². The topological polar surface area (TPSA) is 9.86 Å². The van der Waals surface area contributed by atoms with Crippen molar-refractivity contribution in [3.05, 3.63) is 156 Å². The second-order valence-electron chi connectivity index (χ2n) is 17.6. The molecule has 2 heterocycles. The Balaban J connectivity index is 1.34. The van der Waals surface area contributed by atoms with Crippen molar-refractivity contribution in [1.82, 2.24) is 9.13 Å². The van der Waals surface area contributed by atoms with Gasteiger partial charge in [0.25, 0.3) is 0 Å². The molecule has 0 unspecified atom stereocenters. The Morgan fingerprint density at radius 1 is 0.434 bits per heavy atom. The minimum Gasteiger partial charge on any atom is -0.309 e. The van der Waals surface area contributed by atoms with Crippen LogP contribution in [0.4, 0.5) is 0 Å². The average Bonchev–Trinajstić information content (AvgIpc) is 3.75. The molecule has 0 N–H and O–H groups in total. The Labute approximate surface area is 311 Å². The molecule has 0 radical (unpaired) electrons. The molecule has 0 bridgehead atoms. The molecular weight excluding hydrogens is 641 g/mol. The van der Waals surface area contributed by atoms with E-state index in [-0.39, 0.29) is 16.2 Å². The molecule has 0 fully saturated rings. The maximum atomic E-state index is 2.59. The van der Waals surface area contributed by atoms with Gasteiger partial charge in [-0.15, -0.1) is 0 Å². The summed E-state index contributed by atoms with van der Waals surface area (Å²) in [5.41, 5.74) is 16.1. The molecule has 0 spiro atoms. The number of benzene rings is 7. The molecule has 0 saturated carbocycles. The van der Waals surface area contributed by atoms with Crippen molar-refractivity contribution in [3.63, 3.8) is 0 Å². The van der Waals surface area contributed by atoms with E-state index in [9.17, 15) is 0 Å². The molecule has 2 aromatic heterocycles. The first-order valence-electron chi connectivity index (χ1n) is 19.3. The lowest BCUT2D eigenvalue weighted by molar-refractivity contribution is 0.332. The number of nitrogens with zero attached hydrogens (tertiary/aromatic N) is 2. The van der Waals surface area contributed by atoms with Crippen LogP contribution < -0.4 is 0 Å². The largest absolute Gasteiger partial charge is 0.309 e. The number of para-hydroxylation sites is 1. The van der Waals surface area contributed by atoms with Crippen LogP contribution in [0, 0.1) is 0 Å². The Morgan fingerprint density at radius 3 is 1.89 bits per heavy atom. The van der Waals surface area contributed by atoms with Gasteiger partial charge in [0.1, 0.15) is 0 Å². The molecule has 0 saturated heterocycles. The number of fused-ring (bicyclic) bond motifs is 12. The minimum atomic E-state index is -0.149. The Bertz CT molecular complexity index is 3020. The summed E-state index contributed by atoms with van der Waals surface area (Å²) in [6, 6.07) is 50.7. The number of aromatic nitrogens is 2. The minimum absolute atomic E-state index is 0.117. The zero-order valence-electron chi connectivity index (χ0n) is 31.5. The Hall–Kier alpha value is -5.60. The van der Waals surface area contributed by atoms with Gasteiger partial charge in [-0.2, -0.15) is 0 Å². The van der Waals surface area contributed by atoms with Crippen molar-refractivity contribution in [3.8, 4) is 22.5 Å². The van der Waals surface area contributed by atoms with Crippen molar-refractivity contribution in [2.75, 3.05) is 0 Å². The molecule has 9 aromatic rings. The van der Waals surface area contributed by atoms with E-state index in [1.807, 2.05) is 0 Å². The van der Waals surface area contributed by atoms with E-state index in [0.29, 0.717) is 0 Å². The lowest BCUT2D eigenvalue weighted by Crippen LogP contribution is -2.33. The average molecular weight is 685 g/mol. The number of hydrogen-bond donors (Lipinski definition) is 0. The van der Waals surface area contributed by atoms with Gasteiger partial charge >= 0.3 is 0 Å². The van der Waals surface area contributed by atoms with Gasteiger partial charge in [-0.25, -0.2) is 0 Å². The van der Waals surface area contributed by atoms with Crippen LogP contribution in [0.2, 0.25) is 0 Å². The molecule has 0 amide bonds. The van der Waals surface area contributed by atoms with Crippen LogP contribution in [-0.2, 0) is 16.2 Å². The maximum absolute atomic E-state index is 2.59. The van der Waals surface area contributed by atoms with Crippen molar-refractivity contribution in [1.29, 1.82) is 0 Å². The predicted octanol–water partition coefficient (Wildman–Crippen LogP) is 13.7. The van der Waals surface area contributed by atoms with Crippen LogP contribution in [0.5, 0.6) is 0 Å². The first-order chi connectivity index (χ1) is 25.5. The maximum Gasteiger partial charge on any atom is 0.0562 e. The van der Waals surface area contributed by atoms with Gasteiger partial charge in [0, 0.05) is 32.6 Å². The van der Waals surface area contributed by atoms with E-state index in [4.69, 9.17) is 0 Å². The van der Waals surface area contributed by atoms with Crippen LogP contribution in [0.1, 0.15) is 76.6 Å². The summed E-state index contributed by atoms with van der Waals surface area (Å²) in [6.07, 6.45) is 2.39. The summed E-state index contributed by atoms with van der Waals surface area (Å²) in [6.45, 7) is 14.6. The highest BCUT2D eigenvalue weighted by Crippen LogP contribution is 2.53. The highest BCUT2D eigenvalue weighted by molar-refractivity contribution is 6.25. The SMILES string of the molecule is CC1(C)CCC(C)(C)c2cc3c(cc21)c1cc2c4c5ccccc5ccc4n(-c4cccc5c4C(C)(C)c4ccccc4-5)c2cc1n3-c1ccccc1. The quantitative estimate of drug-likeness (QED) is 0.172. The van der Waals surface area contributed by atoms with Crippen LogP contribution in [0.25, 0.3) is 76.9 Å². The molecular formula is C51H44N2. The van der Waals surface area contributed by atoms with Crippen molar-refractivity contribution in [2.45, 2.75) is 70.6 Å². The molecule has 258 valence electrons. The first kappa shape index (κ1) is 31.0. The molecule has 2 aliphatic carbocycles. The fourth-order valence-corrected chi connectivity index (χ4v) is 10.5. The zero-order valence-corrected chi connectivity index (χ0v) is 31.5. The summed E-state index contributed by atoms with van der Waals surface area (Å²) in [7, 11) is 0. The molecule has 11 rings (SSSR count). The van der Waals surface area contributed by atoms with E-state index in [1.54, 1.807) is 0 Å². The van der Waals surface area contributed by atoms with Gasteiger partial charge < -0.3 is 9.13 Å². The van der Waals surface area contributed by atoms with Gasteiger partial charge in [0.05, 0.1) is 27.8 Å². The lowest BCUT2D eigenvalue weighted by atomic mass is 9.63. The number of hydrogen-bond acceptors (Lipinski definition) is 0. The molecule has 2 aliphatic rings. The summed E-state index contributed by atoms with van der Waals surface area (Å²) in [5, 5.41) is 7.86. The van der Waals surface area contributed by atoms with Gasteiger partial charge in [0.15, 0.2) is 0 Å². The molecule has 2 nitrogen and oxygen atoms in total. The summed E-state index contributed by atoms with van der Waals surface area (Å²) >= 11 is 0. The second kappa shape index (κ2) is 10.3. The Kier molecular flexibility index (Phi) is 6.01. The van der Waals surface area contributed by atoms with Crippen molar-refractivity contribution >= 4 is 54.4 Å². The molecule has 2 heteroatoms. The fourth-order valence-electron chi connectivity index (χ4n) is 10.5. The van der Waals surface area contributed by atoms with Crippen LogP contribution >= 0.6 is 0 Å². The third-order valence-electron chi connectivity index (χ3n) is 13.3. The summed E-state index contributed by atoms with van der Waals surface area (Å²) in [4.78, 5) is 0. The van der Waals surface area contributed by atoms with Crippen LogP contribution in [-0.4, -0.2) is 9.13 Å². The van der Waals surface area contributed by atoms with E-state index in [0.717, 1.165) is 0 Å². The molecule has 0 aliphatic heterocycles. The second-order valence-corrected chi connectivity index (χ2v) is 17.6. The summed E-state index contributed by atoms with van der Waals surface area (Å²) < 4.78 is 5.13. The fraction of sp³-hybridized carbons (Fsp3) is 0.216. The summed E-state index contributed by atoms with van der Waals surface area (Å²) in [5.74, 6) is 0. The van der Waals surface area contributed by atoms with Crippen molar-refractivity contribution < 1.29 is 0 Å². The van der Waals surface area contributed by atoms with E-state index >= 15 is 0 Å². The van der Waals surface area contributed by atoms with Crippen molar-refractivity contribution in [2.24, 2.45) is 0 Å². The zero-order chi connectivity index (χ0) is 36.0. The molecule has 0 atom stereocenters. The molecule has 7 aromatic carbocycles. The normalized spacial score (nSPS) is 16.8. The van der Waals surface area contributed by atoms with E-state index < -0.39 is 0 Å². The van der Waals surface area contributed by atoms with Gasteiger partial charge in [0.2, 0.25) is 0 Å². The monoisotopic (exact) mass is 684 g/mol. The van der Waals surface area contributed by atoms with E-state index in [1.165, 1.54) is 112 Å². The smallest absolute Gasteiger partial charge is 0.0562 e. The third kappa shape index (κ3) is 4.04. The van der Waals surface area contributed by atoms with Gasteiger partial charge in [-0.1, -0.05) is 126 Å². The lowest BCUT2D eigenvalue weighted by Gasteiger charge is -2.42. The van der Waals surface area contributed by atoms with Gasteiger partial charge in [-0.05, 0) is 116 Å². The number of rotatable bonds is 2. The highest BCUT2D eigenvalue weighted by atomic mass is 15.0. The van der Waals surface area contributed by atoms with Crippen LogP contribution in [0.15, 0.2) is 133 Å². The van der Waals surface area contributed by atoms with Crippen LogP contribution in [0.3, 0.4) is 0 Å². The highest BCUT2D eigenvalue weighted by Gasteiger charge is 2.39. The third-order valence-corrected chi connectivity index (χ3v) is 13.3. The standard InChI is InChI=1S/C51H44N2/c1-49(2)25-26-50(3,4)41-29-44-37(28-40(41)49)36-27-38-46(30-45(36)52(44)32-16-8-7-9-17-32)53(42-24-23-31-15-10-11-18-33(31)47(38)42)43-22-14-20-35-34-19-12-13-21-39(34)51(5,6)48(35)43/h7-24,27-30H,25-26H2,1-6H3. The molecule has 53 heavy (non-hydrogen) atoms. The van der Waals surface area contributed by atoms with E-state index in [2.05, 4.69) is 184 Å². The Morgan fingerprint density at radius 2 is 1.08 bits per heavy atom. The first-order valence-corrected chi connectivity index (χ1v) is 19.3. The predicted molar refractivity (Wildman–Crippen MR) is 225 cm³/mol.